The minimum atomic E-state index is -4.42. The fraction of sp³-hybridized carbons (Fsp3) is 0.462. The quantitative estimate of drug-likeness (QED) is 0.647. The van der Waals surface area contributed by atoms with E-state index in [1.165, 1.54) is 0 Å². The van der Waals surface area contributed by atoms with Gasteiger partial charge in [0.25, 0.3) is 0 Å². The van der Waals surface area contributed by atoms with E-state index in [0.717, 1.165) is 23.1 Å². The van der Waals surface area contributed by atoms with Crippen molar-refractivity contribution in [1.29, 1.82) is 0 Å². The van der Waals surface area contributed by atoms with Crippen LogP contribution in [0.15, 0.2) is 18.2 Å². The number of phenols is 1. The summed E-state index contributed by atoms with van der Waals surface area (Å²) >= 11 is 0. The first kappa shape index (κ1) is 16.4. The number of hydrogen-bond acceptors (Lipinski definition) is 3. The summed E-state index contributed by atoms with van der Waals surface area (Å²) in [5.41, 5.74) is -0.312. The van der Waals surface area contributed by atoms with Crippen molar-refractivity contribution in [2.75, 3.05) is 19.6 Å². The molecule has 1 N–H and O–H groups in total. The fourth-order valence-electron chi connectivity index (χ4n) is 1.80. The average Bonchev–Trinajstić information content (AvgIpc) is 2.30. The van der Waals surface area contributed by atoms with Crippen LogP contribution in [0.3, 0.4) is 0 Å². The minimum absolute atomic E-state index is 0.0847. The number of Topliss-reactive ketones (excluding diaryl/α,β-unsaturated/α-hetero) is 1. The third kappa shape index (κ3) is 5.16. The molecule has 0 radical (unpaired) electrons. The van der Waals surface area contributed by atoms with Crippen LogP contribution in [0.5, 0.6) is 5.75 Å². The van der Waals surface area contributed by atoms with Crippen molar-refractivity contribution >= 4 is 5.78 Å². The summed E-state index contributed by atoms with van der Waals surface area (Å²) in [6.45, 7) is 0.0296. The SMILES string of the molecule is CCCN(CC(=O)c1cc(F)ccc1O)CC(F)(F)F. The molecule has 3 nitrogen and oxygen atoms in total. The highest BCUT2D eigenvalue weighted by Gasteiger charge is 2.31. The van der Waals surface area contributed by atoms with Gasteiger partial charge in [-0.15, -0.1) is 0 Å². The summed E-state index contributed by atoms with van der Waals surface area (Å²) < 4.78 is 50.1. The number of nitrogens with zero attached hydrogens (tertiary/aromatic N) is 1. The molecule has 0 amide bonds. The van der Waals surface area contributed by atoms with Gasteiger partial charge in [0, 0.05) is 0 Å². The van der Waals surface area contributed by atoms with E-state index >= 15 is 0 Å². The first-order valence-electron chi connectivity index (χ1n) is 6.03. The molecule has 0 spiro atoms. The lowest BCUT2D eigenvalue weighted by Gasteiger charge is -2.22. The van der Waals surface area contributed by atoms with Gasteiger partial charge in [-0.05, 0) is 31.2 Å². The highest BCUT2D eigenvalue weighted by atomic mass is 19.4. The number of carbonyl (C=O) groups is 1. The number of alkyl halides is 3. The van der Waals surface area contributed by atoms with Crippen LogP contribution in [0, 0.1) is 5.82 Å². The number of benzene rings is 1. The monoisotopic (exact) mass is 293 g/mol. The van der Waals surface area contributed by atoms with Crippen LogP contribution in [0.25, 0.3) is 0 Å². The molecule has 0 aliphatic rings. The number of ketones is 1. The average molecular weight is 293 g/mol. The molecule has 0 unspecified atom stereocenters. The number of rotatable bonds is 6. The number of hydrogen-bond donors (Lipinski definition) is 1. The molecule has 1 rings (SSSR count). The molecular formula is C13H15F4NO2. The summed E-state index contributed by atoms with van der Waals surface area (Å²) in [5.74, 6) is -1.93. The molecular weight excluding hydrogens is 278 g/mol. The molecule has 0 atom stereocenters. The lowest BCUT2D eigenvalue weighted by Crippen LogP contribution is -2.38. The van der Waals surface area contributed by atoms with Crippen molar-refractivity contribution < 1.29 is 27.5 Å². The summed E-state index contributed by atoms with van der Waals surface area (Å²) in [4.78, 5) is 12.8. The van der Waals surface area contributed by atoms with Crippen LogP contribution < -0.4 is 0 Å². The van der Waals surface area contributed by atoms with Gasteiger partial charge in [-0.1, -0.05) is 6.92 Å². The zero-order chi connectivity index (χ0) is 15.3. The zero-order valence-corrected chi connectivity index (χ0v) is 10.9. The smallest absolute Gasteiger partial charge is 0.401 e. The van der Waals surface area contributed by atoms with Crippen LogP contribution >= 0.6 is 0 Å². The molecule has 1 aromatic rings. The lowest BCUT2D eigenvalue weighted by atomic mass is 10.1. The Labute approximate surface area is 113 Å². The topological polar surface area (TPSA) is 40.5 Å². The highest BCUT2D eigenvalue weighted by Crippen LogP contribution is 2.20. The Kier molecular flexibility index (Phi) is 5.50. The van der Waals surface area contributed by atoms with Gasteiger partial charge in [-0.25, -0.2) is 4.39 Å². The van der Waals surface area contributed by atoms with E-state index in [1.807, 2.05) is 0 Å². The second kappa shape index (κ2) is 6.69. The molecule has 0 aliphatic carbocycles. The molecule has 0 saturated carbocycles. The maximum absolute atomic E-state index is 13.0. The van der Waals surface area contributed by atoms with Gasteiger partial charge in [0.15, 0.2) is 5.78 Å². The van der Waals surface area contributed by atoms with E-state index < -0.39 is 36.6 Å². The first-order valence-corrected chi connectivity index (χ1v) is 6.03. The third-order valence-corrected chi connectivity index (χ3v) is 2.57. The number of aromatic hydroxyl groups is 1. The molecule has 0 bridgehead atoms. The molecule has 7 heteroatoms. The Bertz CT molecular complexity index is 474. The zero-order valence-electron chi connectivity index (χ0n) is 10.9. The summed E-state index contributed by atoms with van der Waals surface area (Å²) in [6.07, 6.45) is -3.97. The Morgan fingerprint density at radius 1 is 1.35 bits per heavy atom. The molecule has 0 heterocycles. The molecule has 20 heavy (non-hydrogen) atoms. The van der Waals surface area contributed by atoms with E-state index in [4.69, 9.17) is 0 Å². The van der Waals surface area contributed by atoms with Crippen molar-refractivity contribution in [1.82, 2.24) is 4.90 Å². The van der Waals surface area contributed by atoms with Gasteiger partial charge in [-0.3, -0.25) is 9.69 Å². The molecule has 0 aromatic heterocycles. The van der Waals surface area contributed by atoms with Crippen LogP contribution in [0.2, 0.25) is 0 Å². The maximum atomic E-state index is 13.0. The number of carbonyl (C=O) groups excluding carboxylic acids is 1. The molecule has 1 aromatic carbocycles. The predicted molar refractivity (Wildman–Crippen MR) is 65.2 cm³/mol. The van der Waals surface area contributed by atoms with Crippen LogP contribution in [0.1, 0.15) is 23.7 Å². The van der Waals surface area contributed by atoms with E-state index in [9.17, 15) is 27.5 Å². The van der Waals surface area contributed by atoms with Gasteiger partial charge in [0.05, 0.1) is 18.7 Å². The minimum Gasteiger partial charge on any atom is -0.507 e. The van der Waals surface area contributed by atoms with Gasteiger partial charge >= 0.3 is 6.18 Å². The Morgan fingerprint density at radius 2 is 2.00 bits per heavy atom. The second-order valence-corrected chi connectivity index (χ2v) is 4.41. The molecule has 112 valence electrons. The van der Waals surface area contributed by atoms with E-state index in [-0.39, 0.29) is 12.1 Å². The summed E-state index contributed by atoms with van der Waals surface area (Å²) in [6, 6.07) is 2.78. The number of halogens is 4. The van der Waals surface area contributed by atoms with Crippen molar-refractivity contribution in [3.05, 3.63) is 29.6 Å². The van der Waals surface area contributed by atoms with Gasteiger partial charge in [0.1, 0.15) is 11.6 Å². The third-order valence-electron chi connectivity index (χ3n) is 2.57. The Balaban J connectivity index is 2.82. The normalized spacial score (nSPS) is 11.9. The lowest BCUT2D eigenvalue weighted by molar-refractivity contribution is -0.144. The van der Waals surface area contributed by atoms with Crippen molar-refractivity contribution in [2.45, 2.75) is 19.5 Å². The largest absolute Gasteiger partial charge is 0.507 e. The van der Waals surface area contributed by atoms with E-state index in [2.05, 4.69) is 0 Å². The number of phenolic OH excluding ortho intramolecular Hbond substituents is 1. The summed E-state index contributed by atoms with van der Waals surface area (Å²) in [7, 11) is 0. The van der Waals surface area contributed by atoms with Crippen LogP contribution in [0.4, 0.5) is 17.6 Å². The van der Waals surface area contributed by atoms with Crippen molar-refractivity contribution in [3.63, 3.8) is 0 Å². The molecule has 0 aliphatic heterocycles. The van der Waals surface area contributed by atoms with Gasteiger partial charge < -0.3 is 5.11 Å². The van der Waals surface area contributed by atoms with Crippen LogP contribution in [-0.4, -0.2) is 41.6 Å². The Morgan fingerprint density at radius 3 is 2.55 bits per heavy atom. The summed E-state index contributed by atoms with van der Waals surface area (Å²) in [5, 5.41) is 9.45. The molecule has 0 fully saturated rings. The van der Waals surface area contributed by atoms with Gasteiger partial charge in [-0.2, -0.15) is 13.2 Å². The Hall–Kier alpha value is -1.63. The highest BCUT2D eigenvalue weighted by molar-refractivity contribution is 6.00. The van der Waals surface area contributed by atoms with Crippen molar-refractivity contribution in [3.8, 4) is 5.75 Å². The standard InChI is InChI=1S/C13H15F4NO2/c1-2-5-18(8-13(15,16)17)7-12(20)10-6-9(14)3-4-11(10)19/h3-4,6,19H,2,5,7-8H2,1H3. The fourth-order valence-corrected chi connectivity index (χ4v) is 1.80. The van der Waals surface area contributed by atoms with Crippen LogP contribution in [-0.2, 0) is 0 Å². The first-order chi connectivity index (χ1) is 9.23. The van der Waals surface area contributed by atoms with E-state index in [1.54, 1.807) is 6.92 Å². The van der Waals surface area contributed by atoms with Gasteiger partial charge in [0.2, 0.25) is 0 Å². The maximum Gasteiger partial charge on any atom is 0.401 e. The second-order valence-electron chi connectivity index (χ2n) is 4.41. The molecule has 0 saturated heterocycles. The van der Waals surface area contributed by atoms with Crippen molar-refractivity contribution in [2.24, 2.45) is 0 Å². The predicted octanol–water partition coefficient (Wildman–Crippen LogP) is 2.99. The van der Waals surface area contributed by atoms with E-state index in [0.29, 0.717) is 6.42 Å².